The van der Waals surface area contributed by atoms with E-state index in [1.165, 1.54) is 31.5 Å². The molecular formula is C19H32N2. The zero-order chi connectivity index (χ0) is 15.3. The predicted molar refractivity (Wildman–Crippen MR) is 91.8 cm³/mol. The molecule has 1 atom stereocenters. The number of nitrogens with one attached hydrogen (secondary N) is 1. The van der Waals surface area contributed by atoms with Gasteiger partial charge in [0.25, 0.3) is 0 Å². The van der Waals surface area contributed by atoms with Crippen molar-refractivity contribution in [3.63, 3.8) is 0 Å². The summed E-state index contributed by atoms with van der Waals surface area (Å²) in [6, 6.07) is 11.0. The van der Waals surface area contributed by atoms with Crippen LogP contribution in [-0.2, 0) is 5.41 Å². The quantitative estimate of drug-likeness (QED) is 0.770. The third kappa shape index (κ3) is 4.55. The van der Waals surface area contributed by atoms with Gasteiger partial charge in [-0.3, -0.25) is 0 Å². The Bertz CT molecular complexity index is 426. The molecule has 0 aliphatic carbocycles. The van der Waals surface area contributed by atoms with Crippen molar-refractivity contribution in [2.75, 3.05) is 32.7 Å². The molecule has 1 saturated heterocycles. The predicted octanol–water partition coefficient (Wildman–Crippen LogP) is 3.68. The topological polar surface area (TPSA) is 15.3 Å². The van der Waals surface area contributed by atoms with Crippen LogP contribution in [0.1, 0.15) is 46.1 Å². The Morgan fingerprint density at radius 1 is 1.24 bits per heavy atom. The van der Waals surface area contributed by atoms with E-state index in [0.29, 0.717) is 5.41 Å². The van der Waals surface area contributed by atoms with Gasteiger partial charge >= 0.3 is 0 Å². The summed E-state index contributed by atoms with van der Waals surface area (Å²) in [5.41, 5.74) is 2.13. The van der Waals surface area contributed by atoms with Crippen LogP contribution in [0.3, 0.4) is 0 Å². The molecule has 0 spiro atoms. The molecule has 21 heavy (non-hydrogen) atoms. The van der Waals surface area contributed by atoms with Crippen LogP contribution >= 0.6 is 0 Å². The molecule has 1 unspecified atom stereocenters. The Balaban J connectivity index is 2.08. The van der Waals surface area contributed by atoms with Crippen LogP contribution in [0.25, 0.3) is 0 Å². The van der Waals surface area contributed by atoms with Crippen molar-refractivity contribution in [1.29, 1.82) is 0 Å². The van der Waals surface area contributed by atoms with Gasteiger partial charge in [-0.25, -0.2) is 0 Å². The van der Waals surface area contributed by atoms with Crippen molar-refractivity contribution >= 4 is 0 Å². The standard InChI is InChI=1S/C19H32N2/c1-5-12-20-14-19(4,17-9-7-6-8-10-17)16-21-13-11-18(2,3)15-21/h6-10,20H,5,11-16H2,1-4H3. The summed E-state index contributed by atoms with van der Waals surface area (Å²) < 4.78 is 0. The van der Waals surface area contributed by atoms with Crippen LogP contribution in [-0.4, -0.2) is 37.6 Å². The van der Waals surface area contributed by atoms with Crippen molar-refractivity contribution in [2.45, 2.75) is 46.0 Å². The molecule has 2 nitrogen and oxygen atoms in total. The van der Waals surface area contributed by atoms with Gasteiger partial charge in [0.1, 0.15) is 0 Å². The molecule has 1 aliphatic heterocycles. The molecule has 0 saturated carbocycles. The number of rotatable bonds is 7. The third-order valence-corrected chi connectivity index (χ3v) is 4.74. The summed E-state index contributed by atoms with van der Waals surface area (Å²) >= 11 is 0. The van der Waals surface area contributed by atoms with Gasteiger partial charge in [-0.05, 0) is 36.9 Å². The first kappa shape index (κ1) is 16.5. The minimum absolute atomic E-state index is 0.191. The van der Waals surface area contributed by atoms with Crippen LogP contribution in [0.4, 0.5) is 0 Å². The molecule has 0 radical (unpaired) electrons. The van der Waals surface area contributed by atoms with Gasteiger partial charge in [0, 0.05) is 25.0 Å². The molecule has 118 valence electrons. The van der Waals surface area contributed by atoms with Gasteiger partial charge in [0.15, 0.2) is 0 Å². The molecule has 1 aliphatic rings. The fourth-order valence-corrected chi connectivity index (χ4v) is 3.48. The van der Waals surface area contributed by atoms with E-state index in [2.05, 4.69) is 68.2 Å². The van der Waals surface area contributed by atoms with Crippen molar-refractivity contribution < 1.29 is 0 Å². The van der Waals surface area contributed by atoms with E-state index in [1.54, 1.807) is 0 Å². The van der Waals surface area contributed by atoms with Crippen molar-refractivity contribution in [2.24, 2.45) is 5.41 Å². The molecule has 1 N–H and O–H groups in total. The Morgan fingerprint density at radius 2 is 1.95 bits per heavy atom. The van der Waals surface area contributed by atoms with Crippen molar-refractivity contribution in [3.05, 3.63) is 35.9 Å². The lowest BCUT2D eigenvalue weighted by Crippen LogP contribution is -2.45. The second-order valence-electron chi connectivity index (χ2n) is 7.73. The van der Waals surface area contributed by atoms with E-state index in [4.69, 9.17) is 0 Å². The lowest BCUT2D eigenvalue weighted by Gasteiger charge is -2.35. The average Bonchev–Trinajstić information content (AvgIpc) is 2.79. The van der Waals surface area contributed by atoms with E-state index in [1.807, 2.05) is 0 Å². The summed E-state index contributed by atoms with van der Waals surface area (Å²) in [7, 11) is 0. The van der Waals surface area contributed by atoms with Gasteiger partial charge in [-0.2, -0.15) is 0 Å². The number of hydrogen-bond acceptors (Lipinski definition) is 2. The molecule has 0 amide bonds. The summed E-state index contributed by atoms with van der Waals surface area (Å²) in [4.78, 5) is 2.65. The minimum Gasteiger partial charge on any atom is -0.316 e. The summed E-state index contributed by atoms with van der Waals surface area (Å²) in [6.07, 6.45) is 2.52. The van der Waals surface area contributed by atoms with Crippen LogP contribution in [0, 0.1) is 5.41 Å². The lowest BCUT2D eigenvalue weighted by molar-refractivity contribution is 0.228. The first-order chi connectivity index (χ1) is 9.95. The van der Waals surface area contributed by atoms with Gasteiger partial charge in [0.05, 0.1) is 0 Å². The van der Waals surface area contributed by atoms with E-state index >= 15 is 0 Å². The zero-order valence-electron chi connectivity index (χ0n) is 14.3. The molecule has 1 aromatic rings. The molecule has 2 rings (SSSR count). The SMILES string of the molecule is CCCNCC(C)(CN1CCC(C)(C)C1)c1ccccc1. The van der Waals surface area contributed by atoms with Gasteiger partial charge in [0.2, 0.25) is 0 Å². The number of benzene rings is 1. The highest BCUT2D eigenvalue weighted by Gasteiger charge is 2.35. The summed E-state index contributed by atoms with van der Waals surface area (Å²) in [5, 5.41) is 3.64. The molecule has 1 heterocycles. The monoisotopic (exact) mass is 288 g/mol. The van der Waals surface area contributed by atoms with Crippen LogP contribution in [0.5, 0.6) is 0 Å². The Hall–Kier alpha value is -0.860. The normalized spacial score (nSPS) is 21.3. The third-order valence-electron chi connectivity index (χ3n) is 4.74. The summed E-state index contributed by atoms with van der Waals surface area (Å²) in [6.45, 7) is 15.2. The maximum Gasteiger partial charge on any atom is 0.0177 e. The van der Waals surface area contributed by atoms with Crippen LogP contribution in [0.2, 0.25) is 0 Å². The zero-order valence-corrected chi connectivity index (χ0v) is 14.3. The average molecular weight is 288 g/mol. The second-order valence-corrected chi connectivity index (χ2v) is 7.73. The number of hydrogen-bond donors (Lipinski definition) is 1. The summed E-state index contributed by atoms with van der Waals surface area (Å²) in [5.74, 6) is 0. The van der Waals surface area contributed by atoms with E-state index in [0.717, 1.165) is 19.6 Å². The Morgan fingerprint density at radius 3 is 2.52 bits per heavy atom. The van der Waals surface area contributed by atoms with Gasteiger partial charge in [-0.1, -0.05) is 58.0 Å². The van der Waals surface area contributed by atoms with E-state index in [-0.39, 0.29) is 5.41 Å². The highest BCUT2D eigenvalue weighted by atomic mass is 15.2. The van der Waals surface area contributed by atoms with Crippen LogP contribution < -0.4 is 5.32 Å². The maximum absolute atomic E-state index is 3.64. The van der Waals surface area contributed by atoms with Crippen LogP contribution in [0.15, 0.2) is 30.3 Å². The smallest absolute Gasteiger partial charge is 0.0177 e. The molecule has 2 heteroatoms. The largest absolute Gasteiger partial charge is 0.316 e. The Kier molecular flexibility index (Phi) is 5.45. The van der Waals surface area contributed by atoms with E-state index < -0.39 is 0 Å². The highest BCUT2D eigenvalue weighted by Crippen LogP contribution is 2.32. The second kappa shape index (κ2) is 6.93. The molecule has 0 bridgehead atoms. The first-order valence-corrected chi connectivity index (χ1v) is 8.44. The molecular weight excluding hydrogens is 256 g/mol. The minimum atomic E-state index is 0.191. The molecule has 0 aromatic heterocycles. The number of nitrogens with zero attached hydrogens (tertiary/aromatic N) is 1. The maximum atomic E-state index is 3.64. The van der Waals surface area contributed by atoms with Gasteiger partial charge in [-0.15, -0.1) is 0 Å². The number of likely N-dealkylation sites (tertiary alicyclic amines) is 1. The highest BCUT2D eigenvalue weighted by molar-refractivity contribution is 5.26. The fraction of sp³-hybridized carbons (Fsp3) is 0.684. The van der Waals surface area contributed by atoms with E-state index in [9.17, 15) is 0 Å². The molecule has 1 aromatic carbocycles. The van der Waals surface area contributed by atoms with Crippen molar-refractivity contribution in [1.82, 2.24) is 10.2 Å². The Labute approximate surface area is 130 Å². The fourth-order valence-electron chi connectivity index (χ4n) is 3.48. The first-order valence-electron chi connectivity index (χ1n) is 8.44. The van der Waals surface area contributed by atoms with Gasteiger partial charge < -0.3 is 10.2 Å². The lowest BCUT2D eigenvalue weighted by atomic mass is 9.81. The molecule has 1 fully saturated rings. The van der Waals surface area contributed by atoms with Crippen molar-refractivity contribution in [3.8, 4) is 0 Å².